The molecule has 0 aromatic heterocycles. The Labute approximate surface area is 208 Å². The van der Waals surface area contributed by atoms with Crippen LogP contribution in [0.15, 0.2) is 0 Å². The van der Waals surface area contributed by atoms with E-state index in [0.717, 1.165) is 0 Å². The lowest BCUT2D eigenvalue weighted by molar-refractivity contribution is -0.452. The van der Waals surface area contributed by atoms with Crippen LogP contribution in [-0.4, -0.2) is 171 Å². The van der Waals surface area contributed by atoms with Gasteiger partial charge in [0, 0.05) is 0 Å². The molecule has 0 spiro atoms. The molecule has 36 heavy (non-hydrogen) atoms. The molecule has 3 aliphatic heterocycles. The summed E-state index contributed by atoms with van der Waals surface area (Å²) in [5.74, 6) is -3.40. The van der Waals surface area contributed by atoms with Crippen molar-refractivity contribution in [3.8, 4) is 0 Å². The highest BCUT2D eigenvalue weighted by molar-refractivity contribution is 7.81. The highest BCUT2D eigenvalue weighted by atomic mass is 32.1. The maximum absolute atomic E-state index is 11.3. The summed E-state index contributed by atoms with van der Waals surface area (Å²) in [7, 11) is 0. The van der Waals surface area contributed by atoms with Crippen LogP contribution in [0.3, 0.4) is 0 Å². The largest absolute Gasteiger partial charge is 0.394 e. The van der Waals surface area contributed by atoms with Gasteiger partial charge in [0.2, 0.25) is 11.5 Å². The molecule has 0 saturated carbocycles. The van der Waals surface area contributed by atoms with Crippen molar-refractivity contribution in [2.45, 2.75) is 89.9 Å². The Bertz CT molecular complexity index is 759. The summed E-state index contributed by atoms with van der Waals surface area (Å²) in [5, 5.41) is 123. The van der Waals surface area contributed by atoms with E-state index in [-0.39, 0.29) is 0 Å². The van der Waals surface area contributed by atoms with Gasteiger partial charge < -0.3 is 80.2 Å². The molecule has 0 aromatic rings. The number of rotatable bonds is 6. The molecule has 0 aliphatic carbocycles. The molecule has 14 N–H and O–H groups in total. The third kappa shape index (κ3) is 4.57. The summed E-state index contributed by atoms with van der Waals surface area (Å²) in [6, 6.07) is 0. The van der Waals surface area contributed by atoms with Crippen LogP contribution >= 0.6 is 12.6 Å². The zero-order chi connectivity index (χ0) is 27.4. The van der Waals surface area contributed by atoms with Crippen molar-refractivity contribution in [1.29, 1.82) is 0 Å². The van der Waals surface area contributed by atoms with Crippen LogP contribution in [-0.2, 0) is 18.9 Å². The van der Waals surface area contributed by atoms with Gasteiger partial charge in [0.15, 0.2) is 11.2 Å². The van der Waals surface area contributed by atoms with Gasteiger partial charge in [-0.25, -0.2) is 0 Å². The maximum atomic E-state index is 11.3. The van der Waals surface area contributed by atoms with E-state index in [1.807, 2.05) is 0 Å². The Hall–Kier alpha value is -0.330. The van der Waals surface area contributed by atoms with E-state index in [9.17, 15) is 61.3 Å². The monoisotopic (exact) mass is 551 g/mol. The van der Waals surface area contributed by atoms with Crippen molar-refractivity contribution in [2.24, 2.45) is 5.73 Å². The summed E-state index contributed by atoms with van der Waals surface area (Å²) in [6.07, 6.45) is -23.1. The Balaban J connectivity index is 1.96. The van der Waals surface area contributed by atoms with Gasteiger partial charge in [-0.2, -0.15) is 0 Å². The van der Waals surface area contributed by atoms with E-state index >= 15 is 0 Å². The van der Waals surface area contributed by atoms with Crippen LogP contribution in [0.4, 0.5) is 0 Å². The summed E-state index contributed by atoms with van der Waals surface area (Å²) in [4.78, 5) is -3.16. The van der Waals surface area contributed by atoms with Gasteiger partial charge in [-0.15, -0.1) is 12.6 Å². The molecule has 0 aromatic carbocycles. The lowest BCUT2D eigenvalue weighted by Crippen LogP contribution is -2.86. The van der Waals surface area contributed by atoms with Crippen molar-refractivity contribution in [2.75, 3.05) is 19.8 Å². The molecule has 3 heterocycles. The van der Waals surface area contributed by atoms with Crippen LogP contribution in [0.2, 0.25) is 0 Å². The molecule has 3 saturated heterocycles. The highest BCUT2D eigenvalue weighted by Crippen LogP contribution is 2.48. The quantitative estimate of drug-likeness (QED) is 0.108. The van der Waals surface area contributed by atoms with Crippen molar-refractivity contribution in [3.05, 3.63) is 0 Å². The molecule has 0 bridgehead atoms. The van der Waals surface area contributed by atoms with Gasteiger partial charge in [0.1, 0.15) is 67.1 Å². The van der Waals surface area contributed by atoms with Crippen molar-refractivity contribution in [3.63, 3.8) is 0 Å². The number of hydrogen-bond acceptors (Lipinski definition) is 18. The maximum Gasteiger partial charge on any atom is 0.243 e. The minimum Gasteiger partial charge on any atom is -0.394 e. The first-order valence-corrected chi connectivity index (χ1v) is 11.3. The first kappa shape index (κ1) is 30.2. The van der Waals surface area contributed by atoms with Crippen molar-refractivity contribution < 1.29 is 80.2 Å². The minimum atomic E-state index is -3.50. The SMILES string of the molecule is N[C@]1(O)C(O)(C2O[C@H](CO)[C@H](O)[C@H](O)[C@H]2O)O[C@H](CO)[C@@H](O[C@@H]2O[C@H](CO)[C@H](O)[C@H](O)[C@H]2O)[C@@]1(O)S. The summed E-state index contributed by atoms with van der Waals surface area (Å²) in [5.41, 5.74) is 2.31. The molecule has 3 aliphatic rings. The van der Waals surface area contributed by atoms with Gasteiger partial charge in [-0.3, -0.25) is 5.73 Å². The Morgan fingerprint density at radius 3 is 1.67 bits per heavy atom. The van der Waals surface area contributed by atoms with Crippen molar-refractivity contribution >= 4 is 12.6 Å². The molecule has 18 heteroatoms. The Morgan fingerprint density at radius 1 is 0.694 bits per heavy atom. The molecule has 212 valence electrons. The third-order valence-electron chi connectivity index (χ3n) is 6.76. The Morgan fingerprint density at radius 2 is 1.17 bits per heavy atom. The minimum absolute atomic E-state index is 0.835. The number of nitrogens with two attached hydrogens (primary N) is 1. The predicted molar refractivity (Wildman–Crippen MR) is 112 cm³/mol. The standard InChI is InChI=1S/C18H33NO16S/c19-18(31)16(29,14-11(27)9(25)7(23)4(1-20)32-14)35-6(3-22)13(17(18,30)36)34-15-12(28)10(26)8(24)5(2-21)33-15/h4-15,20-31,36H,1-3,19H2/t4-,5-,6-,7+,8+,9+,10+,11-,12-,13-,14?,15+,16?,17-,18+/m1/s1. The zero-order valence-corrected chi connectivity index (χ0v) is 19.5. The fraction of sp³-hybridized carbons (Fsp3) is 1.00. The third-order valence-corrected chi connectivity index (χ3v) is 7.35. The number of hydrogen-bond donors (Lipinski definition) is 14. The van der Waals surface area contributed by atoms with Gasteiger partial charge in [0.25, 0.3) is 0 Å². The first-order valence-electron chi connectivity index (χ1n) is 10.8. The number of aliphatic hydroxyl groups excluding tert-OH is 9. The van der Waals surface area contributed by atoms with Gasteiger partial charge in [-0.05, 0) is 0 Å². The van der Waals surface area contributed by atoms with Crippen LogP contribution in [0.1, 0.15) is 0 Å². The predicted octanol–water partition coefficient (Wildman–Crippen LogP) is -8.64. The van der Waals surface area contributed by atoms with E-state index in [2.05, 4.69) is 12.6 Å². The van der Waals surface area contributed by atoms with E-state index in [0.29, 0.717) is 0 Å². The molecule has 2 unspecified atom stereocenters. The topological polar surface area (TPSA) is 306 Å². The lowest BCUT2D eigenvalue weighted by atomic mass is 9.79. The van der Waals surface area contributed by atoms with Gasteiger partial charge in [-0.1, -0.05) is 0 Å². The molecular weight excluding hydrogens is 518 g/mol. The molecule has 0 amide bonds. The zero-order valence-electron chi connectivity index (χ0n) is 18.6. The molecule has 17 nitrogen and oxygen atoms in total. The molecule has 0 radical (unpaired) electrons. The fourth-order valence-electron chi connectivity index (χ4n) is 4.47. The molecule has 3 rings (SSSR count). The van der Waals surface area contributed by atoms with Crippen LogP contribution in [0.5, 0.6) is 0 Å². The molecule has 15 atom stereocenters. The first-order chi connectivity index (χ1) is 16.6. The smallest absolute Gasteiger partial charge is 0.243 e. The summed E-state index contributed by atoms with van der Waals surface area (Å²) in [6.45, 7) is -2.88. The lowest BCUT2D eigenvalue weighted by Gasteiger charge is -2.60. The molecular formula is C18H33NO16S. The van der Waals surface area contributed by atoms with Crippen LogP contribution in [0, 0.1) is 0 Å². The highest BCUT2D eigenvalue weighted by Gasteiger charge is 2.74. The van der Waals surface area contributed by atoms with Crippen molar-refractivity contribution in [1.82, 2.24) is 0 Å². The molecule has 3 fully saturated rings. The van der Waals surface area contributed by atoms with Crippen LogP contribution in [0.25, 0.3) is 0 Å². The van der Waals surface area contributed by atoms with E-state index < -0.39 is 110 Å². The van der Waals surface area contributed by atoms with Crippen LogP contribution < -0.4 is 5.73 Å². The normalized spacial score (nSPS) is 56.5. The summed E-state index contributed by atoms with van der Waals surface area (Å²) < 4.78 is 21.1. The fourth-order valence-corrected chi connectivity index (χ4v) is 4.86. The average molecular weight is 552 g/mol. The van der Waals surface area contributed by atoms with E-state index in [1.54, 1.807) is 0 Å². The van der Waals surface area contributed by atoms with E-state index in [4.69, 9.17) is 24.7 Å². The second kappa shape index (κ2) is 10.7. The number of ether oxygens (including phenoxy) is 4. The summed E-state index contributed by atoms with van der Waals surface area (Å²) >= 11 is 3.88. The van der Waals surface area contributed by atoms with Gasteiger partial charge >= 0.3 is 0 Å². The Kier molecular flexibility index (Phi) is 8.96. The second-order valence-corrected chi connectivity index (χ2v) is 9.71. The van der Waals surface area contributed by atoms with Gasteiger partial charge in [0.05, 0.1) is 19.8 Å². The number of aliphatic hydroxyl groups is 12. The average Bonchev–Trinajstić information content (AvgIpc) is 2.83. The second-order valence-electron chi connectivity index (χ2n) is 9.03. The van der Waals surface area contributed by atoms with E-state index in [1.165, 1.54) is 0 Å². The number of thiol groups is 1.